The lowest BCUT2D eigenvalue weighted by Crippen LogP contribution is -2.46. The van der Waals surface area contributed by atoms with Crippen LogP contribution in [0.25, 0.3) is 0 Å². The first-order chi connectivity index (χ1) is 16.3. The van der Waals surface area contributed by atoms with Gasteiger partial charge in [-0.25, -0.2) is 4.90 Å². The SMILES string of the molecule is N#CC1=C[C@@H]2[C@@H]3C(=O)N(c4ccc(Br)cc4)C(=O)[C@@H]3[C@@H](C(=O)c3cccc([N+](=O)[O-])c3)N2C=C1. The highest BCUT2D eigenvalue weighted by Gasteiger charge is 2.63. The smallest absolute Gasteiger partial charge is 0.270 e. The molecule has 9 nitrogen and oxygen atoms in total. The highest BCUT2D eigenvalue weighted by molar-refractivity contribution is 9.10. The monoisotopic (exact) mass is 518 g/mol. The van der Waals surface area contributed by atoms with Crippen molar-refractivity contribution in [2.75, 3.05) is 4.90 Å². The van der Waals surface area contributed by atoms with Crippen molar-refractivity contribution in [3.05, 3.63) is 92.6 Å². The van der Waals surface area contributed by atoms with Crippen molar-refractivity contribution in [1.29, 1.82) is 5.26 Å². The molecule has 0 aliphatic carbocycles. The summed E-state index contributed by atoms with van der Waals surface area (Å²) < 4.78 is 0.777. The predicted molar refractivity (Wildman–Crippen MR) is 123 cm³/mol. The number of Topliss-reactive ketones (excluding diaryl/α,β-unsaturated/α-hetero) is 1. The number of anilines is 1. The van der Waals surface area contributed by atoms with Crippen LogP contribution in [0.15, 0.2) is 76.9 Å². The van der Waals surface area contributed by atoms with Crippen LogP contribution >= 0.6 is 15.9 Å². The van der Waals surface area contributed by atoms with Crippen LogP contribution in [0.2, 0.25) is 0 Å². The number of imide groups is 1. The van der Waals surface area contributed by atoms with Gasteiger partial charge in [0.05, 0.1) is 40.1 Å². The maximum absolute atomic E-state index is 13.6. The third kappa shape index (κ3) is 3.24. The van der Waals surface area contributed by atoms with Gasteiger partial charge in [-0.15, -0.1) is 0 Å². The van der Waals surface area contributed by atoms with Gasteiger partial charge in [-0.05, 0) is 36.4 Å². The fraction of sp³-hybridized carbons (Fsp3) is 0.167. The highest BCUT2D eigenvalue weighted by Crippen LogP contribution is 2.47. The first-order valence-corrected chi connectivity index (χ1v) is 11.1. The number of nitrogens with zero attached hydrogens (tertiary/aromatic N) is 4. The molecule has 0 spiro atoms. The quantitative estimate of drug-likeness (QED) is 0.263. The summed E-state index contributed by atoms with van der Waals surface area (Å²) in [6.45, 7) is 0. The molecule has 0 bridgehead atoms. The molecule has 5 rings (SSSR count). The van der Waals surface area contributed by atoms with Crippen LogP contribution in [0, 0.1) is 33.3 Å². The molecule has 3 heterocycles. The fourth-order valence-corrected chi connectivity index (χ4v) is 5.17. The van der Waals surface area contributed by atoms with E-state index in [0.29, 0.717) is 11.3 Å². The molecule has 3 aliphatic heterocycles. The molecule has 2 amide bonds. The Hall–Kier alpha value is -4.10. The number of non-ortho nitro benzene ring substituents is 1. The zero-order valence-electron chi connectivity index (χ0n) is 17.4. The molecule has 10 heteroatoms. The molecule has 2 aromatic carbocycles. The molecule has 0 radical (unpaired) electrons. The number of allylic oxidation sites excluding steroid dienone is 2. The molecule has 168 valence electrons. The van der Waals surface area contributed by atoms with E-state index in [0.717, 1.165) is 9.37 Å². The second-order valence-corrected chi connectivity index (χ2v) is 9.06. The van der Waals surface area contributed by atoms with Crippen LogP contribution in [-0.4, -0.2) is 39.5 Å². The Balaban J connectivity index is 1.60. The zero-order valence-corrected chi connectivity index (χ0v) is 19.0. The number of rotatable bonds is 4. The number of halogens is 1. The Morgan fingerprint density at radius 2 is 1.79 bits per heavy atom. The van der Waals surface area contributed by atoms with E-state index in [-0.39, 0.29) is 11.3 Å². The Bertz CT molecular complexity index is 1360. The second-order valence-electron chi connectivity index (χ2n) is 8.14. The topological polar surface area (TPSA) is 125 Å². The van der Waals surface area contributed by atoms with Crippen LogP contribution in [0.3, 0.4) is 0 Å². The van der Waals surface area contributed by atoms with Crippen LogP contribution in [0.1, 0.15) is 10.4 Å². The number of amides is 2. The average molecular weight is 519 g/mol. The second kappa shape index (κ2) is 8.04. The molecule has 3 aliphatic rings. The van der Waals surface area contributed by atoms with Gasteiger partial charge in [0.2, 0.25) is 11.8 Å². The third-order valence-corrected chi connectivity index (χ3v) is 6.90. The van der Waals surface area contributed by atoms with E-state index in [2.05, 4.69) is 15.9 Å². The number of hydrogen-bond acceptors (Lipinski definition) is 7. The van der Waals surface area contributed by atoms with Crippen LogP contribution in [0.5, 0.6) is 0 Å². The van der Waals surface area contributed by atoms with E-state index in [4.69, 9.17) is 0 Å². The molecular formula is C24H15BrN4O5. The maximum Gasteiger partial charge on any atom is 0.270 e. The summed E-state index contributed by atoms with van der Waals surface area (Å²) in [6.07, 6.45) is 4.66. The largest absolute Gasteiger partial charge is 0.359 e. The summed E-state index contributed by atoms with van der Waals surface area (Å²) in [5.74, 6) is -3.36. The summed E-state index contributed by atoms with van der Waals surface area (Å²) in [5.41, 5.74) is 0.537. The van der Waals surface area contributed by atoms with Crippen molar-refractivity contribution in [3.8, 4) is 6.07 Å². The average Bonchev–Trinajstić information content (AvgIpc) is 3.31. The van der Waals surface area contributed by atoms with Gasteiger partial charge in [0.15, 0.2) is 5.78 Å². The number of hydrogen-bond donors (Lipinski definition) is 0. The lowest BCUT2D eigenvalue weighted by molar-refractivity contribution is -0.384. The normalized spacial score (nSPS) is 25.0. The number of nitro groups is 1. The van der Waals surface area contributed by atoms with Gasteiger partial charge in [-0.2, -0.15) is 5.26 Å². The van der Waals surface area contributed by atoms with Crippen LogP contribution in [-0.2, 0) is 9.59 Å². The van der Waals surface area contributed by atoms with Crippen molar-refractivity contribution in [3.63, 3.8) is 0 Å². The van der Waals surface area contributed by atoms with Gasteiger partial charge in [-0.3, -0.25) is 24.5 Å². The van der Waals surface area contributed by atoms with Crippen LogP contribution < -0.4 is 4.90 Å². The molecule has 0 unspecified atom stereocenters. The lowest BCUT2D eigenvalue weighted by atomic mass is 9.86. The van der Waals surface area contributed by atoms with Gasteiger partial charge in [-0.1, -0.05) is 28.1 Å². The molecule has 0 saturated carbocycles. The van der Waals surface area contributed by atoms with Crippen molar-refractivity contribution in [2.24, 2.45) is 11.8 Å². The standard InChI is InChI=1S/C24H15BrN4O5/c25-15-4-6-16(7-5-15)28-23(31)19-18-10-13(12-26)8-9-27(18)21(20(19)24(28)32)22(30)14-2-1-3-17(11-14)29(33)34/h1-11,18-21H/t18-,19+,20+,21+/m1/s1. The van der Waals surface area contributed by atoms with E-state index >= 15 is 0 Å². The fourth-order valence-electron chi connectivity index (χ4n) is 4.91. The van der Waals surface area contributed by atoms with Gasteiger partial charge < -0.3 is 4.90 Å². The number of carbonyl (C=O) groups excluding carboxylic acids is 3. The molecule has 2 aromatic rings. The molecule has 0 N–H and O–H groups in total. The van der Waals surface area contributed by atoms with Crippen molar-refractivity contribution in [1.82, 2.24) is 4.90 Å². The maximum atomic E-state index is 13.6. The molecular weight excluding hydrogens is 504 g/mol. The predicted octanol–water partition coefficient (Wildman–Crippen LogP) is 3.38. The summed E-state index contributed by atoms with van der Waals surface area (Å²) in [6, 6.07) is 12.3. The van der Waals surface area contributed by atoms with Gasteiger partial charge in [0.25, 0.3) is 5.69 Å². The summed E-state index contributed by atoms with van der Waals surface area (Å²) in [5, 5.41) is 20.6. The Morgan fingerprint density at radius 3 is 2.47 bits per heavy atom. The number of ketones is 1. The summed E-state index contributed by atoms with van der Waals surface area (Å²) in [7, 11) is 0. The minimum Gasteiger partial charge on any atom is -0.359 e. The van der Waals surface area contributed by atoms with Gasteiger partial charge in [0, 0.05) is 28.4 Å². The van der Waals surface area contributed by atoms with Crippen LogP contribution in [0.4, 0.5) is 11.4 Å². The first-order valence-electron chi connectivity index (χ1n) is 10.3. The van der Waals surface area contributed by atoms with E-state index in [1.165, 1.54) is 30.3 Å². The number of fused-ring (bicyclic) bond motifs is 3. The number of nitriles is 1. The lowest BCUT2D eigenvalue weighted by Gasteiger charge is -2.32. The molecule has 2 fully saturated rings. The highest BCUT2D eigenvalue weighted by atomic mass is 79.9. The third-order valence-electron chi connectivity index (χ3n) is 6.37. The minimum atomic E-state index is -1.05. The van der Waals surface area contributed by atoms with Gasteiger partial charge in [0.1, 0.15) is 6.04 Å². The van der Waals surface area contributed by atoms with Crippen molar-refractivity contribution >= 4 is 44.9 Å². The Morgan fingerprint density at radius 1 is 1.09 bits per heavy atom. The van der Waals surface area contributed by atoms with E-state index in [9.17, 15) is 29.8 Å². The summed E-state index contributed by atoms with van der Waals surface area (Å²) in [4.78, 5) is 54.1. The molecule has 0 aromatic heterocycles. The van der Waals surface area contributed by atoms with Crippen molar-refractivity contribution < 1.29 is 19.3 Å². The summed E-state index contributed by atoms with van der Waals surface area (Å²) >= 11 is 3.33. The zero-order chi connectivity index (χ0) is 24.1. The molecule has 4 atom stereocenters. The Labute approximate surface area is 201 Å². The number of carbonyl (C=O) groups is 3. The molecule has 2 saturated heterocycles. The van der Waals surface area contributed by atoms with E-state index in [1.54, 1.807) is 41.4 Å². The Kier molecular flexibility index (Phi) is 5.14. The van der Waals surface area contributed by atoms with E-state index < -0.39 is 46.4 Å². The van der Waals surface area contributed by atoms with Crippen molar-refractivity contribution in [2.45, 2.75) is 12.1 Å². The van der Waals surface area contributed by atoms with Gasteiger partial charge >= 0.3 is 0 Å². The number of benzene rings is 2. The first kappa shape index (κ1) is 21.7. The number of nitro benzene ring substituents is 1. The molecule has 34 heavy (non-hydrogen) atoms. The minimum absolute atomic E-state index is 0.0735. The van der Waals surface area contributed by atoms with E-state index in [1.807, 2.05) is 6.07 Å².